The Kier molecular flexibility index (Phi) is 7.33. The number of H-pyrrole nitrogens is 2. The van der Waals surface area contributed by atoms with E-state index in [9.17, 15) is 5.11 Å². The van der Waals surface area contributed by atoms with Crippen LogP contribution in [0.25, 0.3) is 68.6 Å². The normalized spacial score (nSPS) is 12.2. The maximum Gasteiger partial charge on any atom is 0.176 e. The average Bonchev–Trinajstić information content (AvgIpc) is 3.92. The summed E-state index contributed by atoms with van der Waals surface area (Å²) in [4.78, 5) is 15.3. The second kappa shape index (κ2) is 11.9. The van der Waals surface area contributed by atoms with Crippen LogP contribution in [-0.4, -0.2) is 25.0 Å². The van der Waals surface area contributed by atoms with Gasteiger partial charge in [0, 0.05) is 43.8 Å². The minimum absolute atomic E-state index is 0.0906. The quantitative estimate of drug-likeness (QED) is 0.0846. The molecule has 49 heavy (non-hydrogen) atoms. The van der Waals surface area contributed by atoms with Crippen molar-refractivity contribution in [1.29, 1.82) is 0 Å². The largest absolute Gasteiger partial charge is 0.508 e. The summed E-state index contributed by atoms with van der Waals surface area (Å²) >= 11 is 0.504. The second-order valence-electron chi connectivity index (χ2n) is 11.4. The summed E-state index contributed by atoms with van der Waals surface area (Å²) in [6, 6.07) is 23.5. The van der Waals surface area contributed by atoms with E-state index in [0.29, 0.717) is 39.9 Å². The van der Waals surface area contributed by atoms with Crippen molar-refractivity contribution in [2.45, 2.75) is 9.79 Å². The fourth-order valence-electron chi connectivity index (χ4n) is 5.87. The molecule has 6 aromatic rings. The first-order valence-electron chi connectivity index (χ1n) is 15.0. The fraction of sp³-hybridized carbons (Fsp3) is 0. The molecule has 5 N–H and O–H groups in total. The fourth-order valence-corrected chi connectivity index (χ4v) is 6.78. The lowest BCUT2D eigenvalue weighted by atomic mass is 10.0. The first-order valence-corrected chi connectivity index (χ1v) is 15.8. The molecule has 11 heteroatoms. The zero-order valence-corrected chi connectivity index (χ0v) is 26.0. The molecule has 0 aliphatic carbocycles. The third kappa shape index (κ3) is 5.43. The Bertz CT molecular complexity index is 2530. The summed E-state index contributed by atoms with van der Waals surface area (Å²) in [6.45, 7) is 0. The number of aromatic hydroxyl groups is 1. The van der Waals surface area contributed by atoms with Gasteiger partial charge in [-0.25, -0.2) is 27.5 Å². The van der Waals surface area contributed by atoms with E-state index in [2.05, 4.69) is 15.0 Å². The van der Waals surface area contributed by atoms with Crippen molar-refractivity contribution in [3.63, 3.8) is 0 Å². The van der Waals surface area contributed by atoms with Crippen molar-refractivity contribution in [2.24, 2.45) is 0 Å². The highest BCUT2D eigenvalue weighted by Crippen LogP contribution is 2.42. The Balaban J connectivity index is 1.39. The Morgan fingerprint density at radius 3 is 1.73 bits per heavy atom. The molecule has 0 unspecified atom stereocenters. The molecule has 8 bridgehead atoms. The number of nitrogens with one attached hydrogen (secondary N) is 2. The third-order valence-electron chi connectivity index (χ3n) is 8.16. The highest BCUT2D eigenvalue weighted by atomic mass is 32.2. The van der Waals surface area contributed by atoms with Crippen LogP contribution in [0, 0.1) is 23.3 Å². The lowest BCUT2D eigenvalue weighted by molar-refractivity contribution is 0.430. The second-order valence-corrected chi connectivity index (χ2v) is 12.4. The lowest BCUT2D eigenvalue weighted by Gasteiger charge is -2.13. The van der Waals surface area contributed by atoms with Gasteiger partial charge < -0.3 is 20.8 Å². The Morgan fingerprint density at radius 1 is 0.592 bits per heavy atom. The van der Waals surface area contributed by atoms with Gasteiger partial charge in [-0.3, -0.25) is 0 Å². The number of benzene rings is 3. The van der Waals surface area contributed by atoms with E-state index in [0.717, 1.165) is 16.6 Å². The number of aromatic nitrogens is 4. The van der Waals surface area contributed by atoms with E-state index < -0.39 is 33.7 Å². The predicted molar refractivity (Wildman–Crippen MR) is 186 cm³/mol. The van der Waals surface area contributed by atoms with Crippen LogP contribution >= 0.6 is 11.8 Å². The summed E-state index contributed by atoms with van der Waals surface area (Å²) in [5.41, 5.74) is 10.6. The van der Waals surface area contributed by atoms with Crippen LogP contribution in [0.2, 0.25) is 0 Å². The SMILES string of the molecule is Nc1ccccc1Sc1c(F)c(F)c(-c2c3nc(cc4ccc([nH]4)c(-c4ccc(O)cc4)c4nc(cc5ccc2[nH]5)C=C4)C=C3)c(F)c1F. The van der Waals surface area contributed by atoms with Crippen molar-refractivity contribution in [1.82, 2.24) is 19.9 Å². The van der Waals surface area contributed by atoms with Crippen LogP contribution in [0.4, 0.5) is 23.2 Å². The highest BCUT2D eigenvalue weighted by Gasteiger charge is 2.29. The maximum atomic E-state index is 16.1. The van der Waals surface area contributed by atoms with Gasteiger partial charge in [0.25, 0.3) is 0 Å². The van der Waals surface area contributed by atoms with Gasteiger partial charge >= 0.3 is 0 Å². The zero-order chi connectivity index (χ0) is 33.8. The summed E-state index contributed by atoms with van der Waals surface area (Å²) in [5.74, 6) is -6.10. The van der Waals surface area contributed by atoms with E-state index in [1.807, 2.05) is 24.3 Å². The molecule has 3 aromatic carbocycles. The molecule has 0 spiro atoms. The van der Waals surface area contributed by atoms with Crippen molar-refractivity contribution < 1.29 is 22.7 Å². The summed E-state index contributed by atoms with van der Waals surface area (Å²) in [7, 11) is 0. The average molecular weight is 674 g/mol. The van der Waals surface area contributed by atoms with Gasteiger partial charge in [0.2, 0.25) is 0 Å². The number of halogens is 4. The number of rotatable bonds is 4. The number of para-hydroxylation sites is 1. The number of aromatic amines is 2. The van der Waals surface area contributed by atoms with Crippen molar-refractivity contribution in [3.05, 3.63) is 131 Å². The minimum Gasteiger partial charge on any atom is -0.508 e. The number of nitrogens with zero attached hydrogens (tertiary/aromatic N) is 2. The molecule has 3 aromatic heterocycles. The van der Waals surface area contributed by atoms with Gasteiger partial charge in [-0.15, -0.1) is 0 Å². The van der Waals surface area contributed by atoms with Crippen LogP contribution in [0.15, 0.2) is 94.7 Å². The molecule has 6 nitrogen and oxygen atoms in total. The molecule has 0 fully saturated rings. The first kappa shape index (κ1) is 30.3. The monoisotopic (exact) mass is 673 g/mol. The molecular formula is C38H23F4N5OS. The van der Waals surface area contributed by atoms with E-state index >= 15 is 17.6 Å². The number of anilines is 1. The highest BCUT2D eigenvalue weighted by molar-refractivity contribution is 7.99. The molecule has 240 valence electrons. The smallest absolute Gasteiger partial charge is 0.176 e. The first-order chi connectivity index (χ1) is 23.7. The summed E-state index contributed by atoms with van der Waals surface area (Å²) in [6.07, 6.45) is 6.86. The van der Waals surface area contributed by atoms with Gasteiger partial charge in [0.15, 0.2) is 23.3 Å². The van der Waals surface area contributed by atoms with Gasteiger partial charge in [-0.1, -0.05) is 36.0 Å². The van der Waals surface area contributed by atoms with E-state index in [1.165, 1.54) is 18.2 Å². The number of hydrogen-bond acceptors (Lipinski definition) is 5. The summed E-state index contributed by atoms with van der Waals surface area (Å²) in [5, 5.41) is 9.89. The molecule has 0 saturated carbocycles. The Morgan fingerprint density at radius 2 is 1.14 bits per heavy atom. The zero-order valence-electron chi connectivity index (χ0n) is 25.2. The molecule has 5 heterocycles. The number of nitrogen functional groups attached to an aromatic ring is 1. The van der Waals surface area contributed by atoms with Crippen LogP contribution in [0.3, 0.4) is 0 Å². The Labute approximate surface area is 280 Å². The van der Waals surface area contributed by atoms with E-state index in [1.54, 1.807) is 66.7 Å². The topological polar surface area (TPSA) is 104 Å². The molecule has 8 rings (SSSR count). The standard InChI is InChI=1S/C38H23F4N5OS/c39-34-33(35(40)37(42)38(36(34)41)49-30-4-2-1-3-25(30)43)32-28-15-9-22(46-28)17-20-7-13-26(44-20)31(19-5-11-24(48)12-6-19)27-14-8-21(45-27)18-23-10-16-29(32)47-23/h1-18,44,47-48H,43H2. The molecule has 0 atom stereocenters. The number of phenolic OH excluding ortho intramolecular Hbond substituents is 1. The van der Waals surface area contributed by atoms with Crippen LogP contribution in [-0.2, 0) is 0 Å². The van der Waals surface area contributed by atoms with Gasteiger partial charge in [-0.05, 0) is 90.5 Å². The maximum absolute atomic E-state index is 16.1. The number of phenols is 1. The lowest BCUT2D eigenvalue weighted by Crippen LogP contribution is -2.04. The number of fused-ring (bicyclic) bond motifs is 8. The molecule has 0 radical (unpaired) electrons. The van der Waals surface area contributed by atoms with E-state index in [-0.39, 0.29) is 33.1 Å². The number of hydrogen-bond donors (Lipinski definition) is 4. The summed E-state index contributed by atoms with van der Waals surface area (Å²) < 4.78 is 63.6. The van der Waals surface area contributed by atoms with Crippen molar-refractivity contribution in [3.8, 4) is 28.0 Å². The third-order valence-corrected chi connectivity index (χ3v) is 9.31. The molecule has 2 aliphatic heterocycles. The molecule has 0 saturated heterocycles. The Hall–Kier alpha value is -6.07. The molecule has 2 aliphatic rings. The molecule has 0 amide bonds. The van der Waals surface area contributed by atoms with Crippen molar-refractivity contribution >= 4 is 63.8 Å². The van der Waals surface area contributed by atoms with Crippen molar-refractivity contribution in [2.75, 3.05) is 5.73 Å². The predicted octanol–water partition coefficient (Wildman–Crippen LogP) is 9.98. The van der Waals surface area contributed by atoms with Crippen LogP contribution in [0.1, 0.15) is 22.8 Å². The molecular weight excluding hydrogens is 651 g/mol. The van der Waals surface area contributed by atoms with Crippen LogP contribution < -0.4 is 5.73 Å². The van der Waals surface area contributed by atoms with Gasteiger partial charge in [-0.2, -0.15) is 0 Å². The number of nitrogens with two attached hydrogens (primary N) is 1. The van der Waals surface area contributed by atoms with Gasteiger partial charge in [0.1, 0.15) is 5.75 Å². The van der Waals surface area contributed by atoms with Gasteiger partial charge in [0.05, 0.1) is 33.2 Å². The van der Waals surface area contributed by atoms with E-state index in [4.69, 9.17) is 10.7 Å². The minimum atomic E-state index is -1.57. The van der Waals surface area contributed by atoms with Crippen LogP contribution in [0.5, 0.6) is 5.75 Å².